The molecule has 0 aromatic carbocycles. The summed E-state index contributed by atoms with van der Waals surface area (Å²) < 4.78 is 15.7. The van der Waals surface area contributed by atoms with Gasteiger partial charge in [0.2, 0.25) is 17.5 Å². The maximum atomic E-state index is 11.8. The Labute approximate surface area is 132 Å². The number of nitrogen functional groups attached to an aromatic ring is 1. The Balaban J connectivity index is 1.96. The average Bonchev–Trinajstić information content (AvgIpc) is 3.24. The van der Waals surface area contributed by atoms with Gasteiger partial charge in [0, 0.05) is 12.7 Å². The maximum absolute atomic E-state index is 11.8. The molecular weight excluding hydrogens is 328 g/mol. The number of nitrogens with two attached hydrogens (primary N) is 1. The molecule has 0 saturated carbocycles. The van der Waals surface area contributed by atoms with Crippen molar-refractivity contribution in [2.45, 2.75) is 17.9 Å². The highest BCUT2D eigenvalue weighted by atomic mass is 32.2. The Kier molecular flexibility index (Phi) is 3.92. The van der Waals surface area contributed by atoms with Crippen molar-refractivity contribution in [3.8, 4) is 5.82 Å². The second-order valence-electron chi connectivity index (χ2n) is 4.14. The first-order valence-electron chi connectivity index (χ1n) is 6.14. The van der Waals surface area contributed by atoms with E-state index in [1.807, 2.05) is 0 Å². The Bertz CT molecular complexity index is 840. The maximum Gasteiger partial charge on any atom is 0.360 e. The van der Waals surface area contributed by atoms with Crippen LogP contribution in [0.15, 0.2) is 14.3 Å². The lowest BCUT2D eigenvalue weighted by atomic mass is 10.3. The molecule has 0 radical (unpaired) electrons. The highest BCUT2D eigenvalue weighted by molar-refractivity contribution is 7.98. The van der Waals surface area contributed by atoms with Gasteiger partial charge >= 0.3 is 5.97 Å². The molecule has 13 heteroatoms. The van der Waals surface area contributed by atoms with E-state index >= 15 is 0 Å². The molecule has 120 valence electrons. The summed E-state index contributed by atoms with van der Waals surface area (Å²) in [6.07, 6.45) is 0. The molecule has 2 N–H and O–H groups in total. The molecule has 3 aromatic rings. The first-order valence-corrected chi connectivity index (χ1v) is 7.13. The van der Waals surface area contributed by atoms with Crippen molar-refractivity contribution in [1.82, 2.24) is 35.5 Å². The minimum absolute atomic E-state index is 0.00574. The molecule has 0 aliphatic carbocycles. The van der Waals surface area contributed by atoms with Gasteiger partial charge in [0.05, 0.1) is 12.8 Å². The molecule has 3 aromatic heterocycles. The number of aromatic nitrogens is 7. The summed E-state index contributed by atoms with van der Waals surface area (Å²) in [6, 6.07) is 0. The van der Waals surface area contributed by atoms with E-state index in [0.717, 1.165) is 0 Å². The van der Waals surface area contributed by atoms with Crippen molar-refractivity contribution < 1.29 is 18.6 Å². The van der Waals surface area contributed by atoms with Gasteiger partial charge < -0.3 is 14.9 Å². The zero-order chi connectivity index (χ0) is 16.4. The molecule has 0 spiro atoms. The van der Waals surface area contributed by atoms with Crippen LogP contribution in [-0.2, 0) is 10.5 Å². The second kappa shape index (κ2) is 6.04. The smallest absolute Gasteiger partial charge is 0.360 e. The van der Waals surface area contributed by atoms with Crippen LogP contribution in [-0.4, -0.2) is 48.6 Å². The molecule has 23 heavy (non-hydrogen) atoms. The molecule has 0 amide bonds. The predicted octanol–water partition coefficient (Wildman–Crippen LogP) is 0.00282. The Morgan fingerprint density at radius 1 is 1.35 bits per heavy atom. The summed E-state index contributed by atoms with van der Waals surface area (Å²) in [4.78, 5) is 11.8. The number of hydrogen-bond acceptors (Lipinski definition) is 12. The van der Waals surface area contributed by atoms with Crippen LogP contribution in [0, 0.1) is 6.92 Å². The second-order valence-corrected chi connectivity index (χ2v) is 5.06. The number of carbonyl (C=O) groups excluding carboxylic acids is 1. The molecule has 0 aliphatic rings. The van der Waals surface area contributed by atoms with Crippen LogP contribution in [0.4, 0.5) is 5.82 Å². The molecule has 0 aliphatic heterocycles. The van der Waals surface area contributed by atoms with Gasteiger partial charge in [-0.25, -0.2) is 9.42 Å². The summed E-state index contributed by atoms with van der Waals surface area (Å²) in [5.74, 6) is 0.128. The largest absolute Gasteiger partial charge is 0.464 e. The average molecular weight is 338 g/mol. The number of hydrogen-bond donors (Lipinski definition) is 1. The molecule has 3 rings (SSSR count). The first kappa shape index (κ1) is 15.0. The third-order valence-electron chi connectivity index (χ3n) is 2.68. The molecule has 0 atom stereocenters. The van der Waals surface area contributed by atoms with Gasteiger partial charge in [-0.15, -0.1) is 15.3 Å². The zero-order valence-electron chi connectivity index (χ0n) is 12.0. The predicted molar refractivity (Wildman–Crippen MR) is 73.6 cm³/mol. The lowest BCUT2D eigenvalue weighted by Gasteiger charge is -2.03. The molecule has 3 heterocycles. The van der Waals surface area contributed by atoms with Crippen molar-refractivity contribution in [2.75, 3.05) is 12.8 Å². The molecule has 0 saturated heterocycles. The number of ether oxygens (including phenoxy) is 1. The number of rotatable bonds is 5. The number of nitrogens with zero attached hydrogens (tertiary/aromatic N) is 7. The van der Waals surface area contributed by atoms with Crippen molar-refractivity contribution in [1.29, 1.82) is 0 Å². The van der Waals surface area contributed by atoms with Gasteiger partial charge in [0.15, 0.2) is 5.69 Å². The van der Waals surface area contributed by atoms with Crippen LogP contribution < -0.4 is 5.73 Å². The normalized spacial score (nSPS) is 10.9. The van der Waals surface area contributed by atoms with E-state index < -0.39 is 5.97 Å². The summed E-state index contributed by atoms with van der Waals surface area (Å²) in [5, 5.41) is 22.7. The monoisotopic (exact) mass is 338 g/mol. The molecule has 0 fully saturated rings. The highest BCUT2D eigenvalue weighted by Crippen LogP contribution is 2.25. The van der Waals surface area contributed by atoms with E-state index in [4.69, 9.17) is 10.2 Å². The number of thioether (sulfide) groups is 1. The van der Waals surface area contributed by atoms with Gasteiger partial charge in [-0.05, 0) is 10.3 Å². The van der Waals surface area contributed by atoms with Crippen LogP contribution >= 0.6 is 11.8 Å². The van der Waals surface area contributed by atoms with Crippen molar-refractivity contribution in [3.63, 3.8) is 0 Å². The summed E-state index contributed by atoms with van der Waals surface area (Å²) in [5.41, 5.74) is 6.04. The number of esters is 1. The van der Waals surface area contributed by atoms with Gasteiger partial charge in [0.1, 0.15) is 0 Å². The fraction of sp³-hybridized carbons (Fsp3) is 0.300. The van der Waals surface area contributed by atoms with Gasteiger partial charge in [-0.3, -0.25) is 0 Å². The van der Waals surface area contributed by atoms with Gasteiger partial charge in [-0.1, -0.05) is 17.0 Å². The minimum Gasteiger partial charge on any atom is -0.464 e. The fourth-order valence-corrected chi connectivity index (χ4v) is 2.46. The Morgan fingerprint density at radius 3 is 2.78 bits per heavy atom. The summed E-state index contributed by atoms with van der Waals surface area (Å²) in [7, 11) is 1.24. The van der Waals surface area contributed by atoms with E-state index in [1.54, 1.807) is 6.92 Å². The van der Waals surface area contributed by atoms with Crippen LogP contribution in [0.25, 0.3) is 5.82 Å². The molecule has 0 unspecified atom stereocenters. The Morgan fingerprint density at radius 2 is 2.17 bits per heavy atom. The highest BCUT2D eigenvalue weighted by Gasteiger charge is 2.25. The van der Waals surface area contributed by atoms with E-state index in [-0.39, 0.29) is 23.1 Å². The number of anilines is 1. The Hall–Kier alpha value is -2.96. The standard InChI is InChI=1S/C10H10N8O4S/c1-4-12-14-10(21-4)23-3-5-6(9(19)20-2)13-17-18(5)8-7(11)15-22-16-8/h3H2,1-2H3,(H2,11,15). The number of carbonyl (C=O) groups is 1. The third kappa shape index (κ3) is 2.85. The van der Waals surface area contributed by atoms with E-state index in [0.29, 0.717) is 16.8 Å². The van der Waals surface area contributed by atoms with Crippen LogP contribution in [0.3, 0.4) is 0 Å². The minimum atomic E-state index is -0.649. The van der Waals surface area contributed by atoms with Gasteiger partial charge in [0.25, 0.3) is 5.22 Å². The molecule has 12 nitrogen and oxygen atoms in total. The van der Waals surface area contributed by atoms with Crippen molar-refractivity contribution >= 4 is 23.5 Å². The molecular formula is C10H10N8O4S. The first-order chi connectivity index (χ1) is 11.1. The molecule has 0 bridgehead atoms. The van der Waals surface area contributed by atoms with Crippen LogP contribution in [0.2, 0.25) is 0 Å². The lowest BCUT2D eigenvalue weighted by molar-refractivity contribution is 0.0593. The van der Waals surface area contributed by atoms with Crippen LogP contribution in [0.1, 0.15) is 22.1 Å². The van der Waals surface area contributed by atoms with Crippen LogP contribution in [0.5, 0.6) is 0 Å². The summed E-state index contributed by atoms with van der Waals surface area (Å²) >= 11 is 1.19. The van der Waals surface area contributed by atoms with Gasteiger partial charge in [-0.2, -0.15) is 4.68 Å². The van der Waals surface area contributed by atoms with Crippen molar-refractivity contribution in [3.05, 3.63) is 17.3 Å². The zero-order valence-corrected chi connectivity index (χ0v) is 12.8. The SMILES string of the molecule is COC(=O)c1nnn(-c2nonc2N)c1CSc1nnc(C)o1. The fourth-order valence-electron chi connectivity index (χ4n) is 1.66. The van der Waals surface area contributed by atoms with E-state index in [9.17, 15) is 4.79 Å². The topological polar surface area (TPSA) is 161 Å². The third-order valence-corrected chi connectivity index (χ3v) is 3.51. The van der Waals surface area contributed by atoms with Crippen molar-refractivity contribution in [2.24, 2.45) is 0 Å². The number of methoxy groups -OCH3 is 1. The van der Waals surface area contributed by atoms with E-state index in [1.165, 1.54) is 23.6 Å². The lowest BCUT2D eigenvalue weighted by Crippen LogP contribution is -2.09. The van der Waals surface area contributed by atoms with E-state index in [2.05, 4.69) is 40.2 Å². The quantitative estimate of drug-likeness (QED) is 0.490. The summed E-state index contributed by atoms with van der Waals surface area (Å²) in [6.45, 7) is 1.67. The number of aryl methyl sites for hydroxylation is 1.